The molecular weight excluding hydrogens is 598 g/mol. The van der Waals surface area contributed by atoms with Gasteiger partial charge < -0.3 is 34.3 Å². The number of aryl methyl sites for hydroxylation is 3. The van der Waals surface area contributed by atoms with E-state index in [4.69, 9.17) is 18.9 Å². The third-order valence-electron chi connectivity index (χ3n) is 7.94. The molecule has 1 amide bonds. The average molecular weight is 642 g/mol. The molecule has 1 atom stereocenters. The normalized spacial score (nSPS) is 13.8. The van der Waals surface area contributed by atoms with Crippen molar-refractivity contribution in [1.29, 1.82) is 0 Å². The number of hydrogen-bond acceptors (Lipinski definition) is 10. The van der Waals surface area contributed by atoms with Crippen molar-refractivity contribution < 1.29 is 28.8 Å². The summed E-state index contributed by atoms with van der Waals surface area (Å²) >= 11 is 0. The number of likely N-dealkylation sites (tertiary alicyclic amines) is 1. The second kappa shape index (κ2) is 15.6. The number of amides is 1. The lowest BCUT2D eigenvalue weighted by Crippen LogP contribution is -2.38. The second-order valence-electron chi connectivity index (χ2n) is 11.7. The van der Waals surface area contributed by atoms with Crippen molar-refractivity contribution >= 4 is 29.2 Å². The van der Waals surface area contributed by atoms with Crippen LogP contribution in [0.4, 0.5) is 27.9 Å². The molecule has 47 heavy (non-hydrogen) atoms. The van der Waals surface area contributed by atoms with Gasteiger partial charge in [-0.05, 0) is 94.2 Å². The van der Waals surface area contributed by atoms with E-state index in [-0.39, 0.29) is 18.4 Å². The van der Waals surface area contributed by atoms with E-state index >= 15 is 0 Å². The van der Waals surface area contributed by atoms with E-state index < -0.39 is 12.2 Å². The highest BCUT2D eigenvalue weighted by Crippen LogP contribution is 2.37. The van der Waals surface area contributed by atoms with E-state index in [0.717, 1.165) is 29.8 Å². The molecule has 3 aromatic carbocycles. The minimum Gasteiger partial charge on any atom is -0.497 e. The van der Waals surface area contributed by atoms with Crippen LogP contribution in [0.5, 0.6) is 23.0 Å². The first-order valence-corrected chi connectivity index (χ1v) is 15.8. The number of nitrogens with one attached hydrogen (secondary N) is 1. The summed E-state index contributed by atoms with van der Waals surface area (Å²) in [6.45, 7) is 8.70. The molecule has 0 bridgehead atoms. The van der Waals surface area contributed by atoms with Crippen molar-refractivity contribution in [2.45, 2.75) is 46.1 Å². The van der Waals surface area contributed by atoms with Crippen molar-refractivity contribution in [3.8, 4) is 23.0 Å². The number of carbonyl (C=O) groups excluding carboxylic acids is 1. The monoisotopic (exact) mass is 641 g/mol. The highest BCUT2D eigenvalue weighted by molar-refractivity contribution is 5.98. The highest BCUT2D eigenvalue weighted by atomic mass is 16.6. The Hall–Kier alpha value is -4.87. The van der Waals surface area contributed by atoms with Crippen LogP contribution >= 0.6 is 0 Å². The number of rotatable bonds is 12. The molecule has 1 aromatic heterocycles. The fourth-order valence-electron chi connectivity index (χ4n) is 5.73. The number of β-amino-alcohol motifs (C(OH)–C–C–N with tert-alkyl or cyclic N) is 1. The maximum absolute atomic E-state index is 14.0. The summed E-state index contributed by atoms with van der Waals surface area (Å²) in [5.74, 6) is 2.61. The molecule has 1 saturated heterocycles. The Morgan fingerprint density at radius 3 is 2.32 bits per heavy atom. The Kier molecular flexibility index (Phi) is 11.1. The Balaban J connectivity index is 1.34. The zero-order chi connectivity index (χ0) is 33.3. The predicted molar refractivity (Wildman–Crippen MR) is 182 cm³/mol. The van der Waals surface area contributed by atoms with Gasteiger partial charge in [-0.2, -0.15) is 4.98 Å². The molecule has 248 valence electrons. The molecule has 0 radical (unpaired) electrons. The summed E-state index contributed by atoms with van der Waals surface area (Å²) in [5, 5.41) is 13.6. The average Bonchev–Trinajstić information content (AvgIpc) is 3.07. The summed E-state index contributed by atoms with van der Waals surface area (Å²) in [5.41, 5.74) is 3.88. The summed E-state index contributed by atoms with van der Waals surface area (Å²) in [7, 11) is 3.08. The fourth-order valence-corrected chi connectivity index (χ4v) is 5.73. The van der Waals surface area contributed by atoms with E-state index in [2.05, 4.69) is 20.2 Å². The first-order valence-electron chi connectivity index (χ1n) is 15.8. The van der Waals surface area contributed by atoms with Gasteiger partial charge in [-0.3, -0.25) is 0 Å². The lowest BCUT2D eigenvalue weighted by molar-refractivity contribution is 0.0617. The molecule has 5 rings (SSSR count). The van der Waals surface area contributed by atoms with Gasteiger partial charge in [0.1, 0.15) is 41.5 Å². The number of hydrogen-bond donors (Lipinski definition) is 2. The van der Waals surface area contributed by atoms with Crippen LogP contribution in [-0.4, -0.2) is 72.6 Å². The van der Waals surface area contributed by atoms with Crippen molar-refractivity contribution in [3.05, 3.63) is 83.6 Å². The molecule has 11 nitrogen and oxygen atoms in total. The van der Waals surface area contributed by atoms with Gasteiger partial charge in [0.25, 0.3) is 0 Å². The summed E-state index contributed by atoms with van der Waals surface area (Å²) in [6, 6.07) is 18.0. The number of carbonyl (C=O) groups is 1. The van der Waals surface area contributed by atoms with E-state index in [1.54, 1.807) is 37.6 Å². The molecule has 1 aliphatic rings. The van der Waals surface area contributed by atoms with Gasteiger partial charge >= 0.3 is 6.09 Å². The molecule has 2 N–H and O–H groups in total. The van der Waals surface area contributed by atoms with Crippen LogP contribution in [0.1, 0.15) is 36.0 Å². The fraction of sp³-hybridized carbons (Fsp3) is 0.361. The molecule has 11 heteroatoms. The smallest absolute Gasteiger partial charge is 0.425 e. The van der Waals surface area contributed by atoms with Gasteiger partial charge in [0.05, 0.1) is 19.9 Å². The van der Waals surface area contributed by atoms with Crippen molar-refractivity contribution in [2.24, 2.45) is 0 Å². The van der Waals surface area contributed by atoms with E-state index in [9.17, 15) is 9.90 Å². The van der Waals surface area contributed by atoms with Gasteiger partial charge in [0.15, 0.2) is 0 Å². The zero-order valence-corrected chi connectivity index (χ0v) is 27.7. The summed E-state index contributed by atoms with van der Waals surface area (Å²) in [6.07, 6.45) is 3.95. The van der Waals surface area contributed by atoms with Crippen LogP contribution in [-0.2, 0) is 0 Å². The highest BCUT2D eigenvalue weighted by Gasteiger charge is 2.27. The SMILES string of the molecule is COc1ccc(N(C(=O)Oc2c(C)cc(C)cc2C)c2ccnc(Nc3ccc(OCC(O)CN4CCCCC4)cc3)n2)c(OC)c1. The minimum absolute atomic E-state index is 0.219. The standard InChI is InChI=1S/C36H43N5O6/c1-24-19-25(2)34(26(3)20-24)47-36(43)41(31-14-13-30(44-4)21-32(31)45-5)33-15-16-37-35(39-33)38-27-9-11-29(12-10-27)46-23-28(42)22-40-17-7-6-8-18-40/h9-16,19-21,28,42H,6-8,17-18,22-23H2,1-5H3,(H,37,38,39). The van der Waals surface area contributed by atoms with E-state index in [1.807, 2.05) is 57.2 Å². The molecule has 1 unspecified atom stereocenters. The topological polar surface area (TPSA) is 119 Å². The lowest BCUT2D eigenvalue weighted by Gasteiger charge is -2.28. The molecule has 0 spiro atoms. The van der Waals surface area contributed by atoms with Crippen LogP contribution in [0, 0.1) is 20.8 Å². The number of aromatic nitrogens is 2. The Labute approximate surface area is 276 Å². The molecule has 1 aliphatic heterocycles. The Bertz CT molecular complexity index is 1640. The van der Waals surface area contributed by atoms with Gasteiger partial charge in [-0.1, -0.05) is 24.1 Å². The van der Waals surface area contributed by atoms with Crippen molar-refractivity contribution in [2.75, 3.05) is 50.7 Å². The van der Waals surface area contributed by atoms with Gasteiger partial charge in [-0.25, -0.2) is 14.7 Å². The molecule has 2 heterocycles. The van der Waals surface area contributed by atoms with Crippen LogP contribution in [0.3, 0.4) is 0 Å². The van der Waals surface area contributed by atoms with Crippen molar-refractivity contribution in [3.63, 3.8) is 0 Å². The Morgan fingerprint density at radius 1 is 0.936 bits per heavy atom. The summed E-state index contributed by atoms with van der Waals surface area (Å²) in [4.78, 5) is 26.6. The maximum Gasteiger partial charge on any atom is 0.425 e. The van der Waals surface area contributed by atoms with Gasteiger partial charge in [0, 0.05) is 30.6 Å². The van der Waals surface area contributed by atoms with Crippen LogP contribution in [0.25, 0.3) is 0 Å². The molecule has 1 fully saturated rings. The first kappa shape index (κ1) is 33.5. The predicted octanol–water partition coefficient (Wildman–Crippen LogP) is 6.73. The number of ether oxygens (including phenoxy) is 4. The second-order valence-corrected chi connectivity index (χ2v) is 11.7. The molecule has 0 aliphatic carbocycles. The number of aliphatic hydroxyl groups is 1. The first-order chi connectivity index (χ1) is 22.7. The zero-order valence-electron chi connectivity index (χ0n) is 27.7. The number of aliphatic hydroxyl groups excluding tert-OH is 1. The van der Waals surface area contributed by atoms with E-state index in [0.29, 0.717) is 40.9 Å². The number of anilines is 4. The van der Waals surface area contributed by atoms with Gasteiger partial charge in [-0.15, -0.1) is 0 Å². The van der Waals surface area contributed by atoms with Crippen molar-refractivity contribution in [1.82, 2.24) is 14.9 Å². The van der Waals surface area contributed by atoms with Crippen LogP contribution < -0.4 is 29.2 Å². The Morgan fingerprint density at radius 2 is 1.64 bits per heavy atom. The van der Waals surface area contributed by atoms with E-state index in [1.165, 1.54) is 31.3 Å². The lowest BCUT2D eigenvalue weighted by atomic mass is 10.1. The van der Waals surface area contributed by atoms with Crippen LogP contribution in [0.15, 0.2) is 66.9 Å². The number of benzene rings is 3. The third kappa shape index (κ3) is 8.69. The minimum atomic E-state index is -0.669. The third-order valence-corrected chi connectivity index (χ3v) is 7.94. The quantitative estimate of drug-likeness (QED) is 0.172. The summed E-state index contributed by atoms with van der Waals surface area (Å²) < 4.78 is 22.9. The van der Waals surface area contributed by atoms with Gasteiger partial charge in [0.2, 0.25) is 5.95 Å². The maximum atomic E-state index is 14.0. The molecule has 4 aromatic rings. The number of methoxy groups -OCH3 is 2. The largest absolute Gasteiger partial charge is 0.497 e. The number of piperidine rings is 1. The molecular formula is C36H43N5O6. The molecule has 0 saturated carbocycles. The van der Waals surface area contributed by atoms with Crippen LogP contribution in [0.2, 0.25) is 0 Å². The number of nitrogens with zero attached hydrogens (tertiary/aromatic N) is 4.